The van der Waals surface area contributed by atoms with Crippen LogP contribution in [0.15, 0.2) is 97.1 Å². The maximum Gasteiger partial charge on any atom is 0.532 e. The number of hydrogen-bond acceptors (Lipinski definition) is 12. The molecule has 14 heteroatoms. The molecule has 270 valence electrons. The Morgan fingerprint density at radius 2 is 0.944 bits per heavy atom. The van der Waals surface area contributed by atoms with Crippen molar-refractivity contribution in [3.8, 4) is 34.1 Å². The van der Waals surface area contributed by atoms with Gasteiger partial charge in [-0.15, -0.1) is 0 Å². The summed E-state index contributed by atoms with van der Waals surface area (Å²) < 4.78 is 47.1. The van der Waals surface area contributed by atoms with E-state index in [4.69, 9.17) is 36.6 Å². The van der Waals surface area contributed by atoms with Crippen molar-refractivity contribution in [2.75, 3.05) is 14.2 Å². The van der Waals surface area contributed by atoms with Crippen molar-refractivity contribution >= 4 is 62.6 Å². The van der Waals surface area contributed by atoms with E-state index >= 15 is 0 Å². The van der Waals surface area contributed by atoms with Crippen LogP contribution < -0.4 is 18.1 Å². The van der Waals surface area contributed by atoms with E-state index in [9.17, 15) is 19.2 Å². The van der Waals surface area contributed by atoms with Gasteiger partial charge >= 0.3 is 41.1 Å². The van der Waals surface area contributed by atoms with Gasteiger partial charge < -0.3 is 36.6 Å². The van der Waals surface area contributed by atoms with E-state index in [1.54, 1.807) is 111 Å². The lowest BCUT2D eigenvalue weighted by atomic mass is 9.89. The average molecular weight is 763 g/mol. The minimum atomic E-state index is -2.51. The molecule has 0 aromatic heterocycles. The van der Waals surface area contributed by atoms with Crippen LogP contribution in [-0.2, 0) is 18.5 Å². The number of carbonyl (C=O) groups is 4. The number of methoxy groups -OCH3 is 2. The fourth-order valence-electron chi connectivity index (χ4n) is 6.38. The fraction of sp³-hybridized carbons (Fsp3) is 0.100. The van der Waals surface area contributed by atoms with Gasteiger partial charge in [-0.25, -0.2) is 19.2 Å². The van der Waals surface area contributed by atoms with Crippen LogP contribution in [0, 0.1) is 13.8 Å². The number of esters is 2. The highest BCUT2D eigenvalue weighted by atomic mass is 31.2. The summed E-state index contributed by atoms with van der Waals surface area (Å²) in [6, 6.07) is 27.6. The molecule has 12 nitrogen and oxygen atoms in total. The molecule has 0 saturated carbocycles. The molecule has 0 radical (unpaired) electrons. The fourth-order valence-corrected chi connectivity index (χ4v) is 8.53. The van der Waals surface area contributed by atoms with Gasteiger partial charge in [-0.3, -0.25) is 0 Å². The molecular weight excluding hydrogens is 734 g/mol. The van der Waals surface area contributed by atoms with Gasteiger partial charge in [-0.05, 0) is 70.8 Å². The summed E-state index contributed by atoms with van der Waals surface area (Å²) in [4.78, 5) is 53.8. The van der Waals surface area contributed by atoms with Crippen LogP contribution in [0.5, 0.6) is 23.0 Å². The Hall–Kier alpha value is -6.22. The third-order valence-electron chi connectivity index (χ3n) is 8.91. The number of hydrogen-bond donors (Lipinski definition) is 0. The van der Waals surface area contributed by atoms with Gasteiger partial charge in [0.1, 0.15) is 33.8 Å². The van der Waals surface area contributed by atoms with Gasteiger partial charge in [-0.1, -0.05) is 72.8 Å². The summed E-state index contributed by atoms with van der Waals surface area (Å²) in [6.07, 6.45) is 0. The van der Waals surface area contributed by atoms with Gasteiger partial charge in [0, 0.05) is 11.1 Å². The van der Waals surface area contributed by atoms with E-state index in [2.05, 4.69) is 0 Å². The Bertz CT molecular complexity index is 2390. The van der Waals surface area contributed by atoms with Crippen molar-refractivity contribution in [1.82, 2.24) is 0 Å². The molecule has 8 rings (SSSR count). The Balaban J connectivity index is 1.41. The number of benzene rings is 6. The highest BCUT2D eigenvalue weighted by Crippen LogP contribution is 2.57. The molecule has 2 aliphatic heterocycles. The topological polar surface area (TPSA) is 142 Å². The van der Waals surface area contributed by atoms with Crippen LogP contribution in [-0.4, -0.2) is 38.1 Å². The maximum atomic E-state index is 13.7. The zero-order valence-corrected chi connectivity index (χ0v) is 30.8. The molecule has 2 unspecified atom stereocenters. The van der Waals surface area contributed by atoms with E-state index in [1.807, 2.05) is 0 Å². The lowest BCUT2D eigenvalue weighted by Crippen LogP contribution is -2.17. The summed E-state index contributed by atoms with van der Waals surface area (Å²) >= 11 is 0. The third-order valence-corrected chi connectivity index (χ3v) is 10.9. The molecule has 2 atom stereocenters. The van der Waals surface area contributed by atoms with E-state index < -0.39 is 41.1 Å². The average Bonchev–Trinajstić information content (AvgIpc) is 3.18. The summed E-state index contributed by atoms with van der Waals surface area (Å²) in [5.74, 6) is -2.53. The molecule has 2 heterocycles. The second-order valence-electron chi connectivity index (χ2n) is 12.2. The molecule has 0 saturated heterocycles. The van der Waals surface area contributed by atoms with Crippen LogP contribution in [0.2, 0.25) is 0 Å². The Morgan fingerprint density at radius 1 is 0.537 bits per heavy atom. The molecule has 0 aliphatic carbocycles. The lowest BCUT2D eigenvalue weighted by Gasteiger charge is -2.28. The molecule has 0 amide bonds. The first kappa shape index (κ1) is 34.8. The van der Waals surface area contributed by atoms with E-state index in [0.717, 1.165) is 0 Å². The molecule has 6 aromatic carbocycles. The smallest absolute Gasteiger partial charge is 0.465 e. The summed E-state index contributed by atoms with van der Waals surface area (Å²) in [5, 5.41) is 2.26. The predicted molar refractivity (Wildman–Crippen MR) is 199 cm³/mol. The van der Waals surface area contributed by atoms with Crippen molar-refractivity contribution in [3.63, 3.8) is 0 Å². The monoisotopic (exact) mass is 762 g/mol. The second kappa shape index (κ2) is 14.0. The summed E-state index contributed by atoms with van der Waals surface area (Å²) in [7, 11) is -2.57. The van der Waals surface area contributed by atoms with Crippen LogP contribution >= 0.6 is 17.2 Å². The highest BCUT2D eigenvalue weighted by molar-refractivity contribution is 7.43. The van der Waals surface area contributed by atoms with E-state index in [1.165, 1.54) is 14.2 Å². The molecule has 2 aliphatic rings. The van der Waals surface area contributed by atoms with Crippen LogP contribution in [0.4, 0.5) is 0 Å². The lowest BCUT2D eigenvalue weighted by molar-refractivity contribution is 0.0588. The normalized spacial score (nSPS) is 15.9. The Kier molecular flexibility index (Phi) is 9.01. The molecule has 0 fully saturated rings. The molecule has 54 heavy (non-hydrogen) atoms. The zero-order chi connectivity index (χ0) is 37.7. The van der Waals surface area contributed by atoms with Crippen LogP contribution in [0.3, 0.4) is 0 Å². The minimum Gasteiger partial charge on any atom is -0.465 e. The van der Waals surface area contributed by atoms with Gasteiger partial charge in [0.2, 0.25) is 0 Å². The Morgan fingerprint density at radius 3 is 1.35 bits per heavy atom. The molecule has 0 bridgehead atoms. The number of ether oxygens (including phenoxy) is 2. The van der Waals surface area contributed by atoms with E-state index in [-0.39, 0.29) is 56.4 Å². The molecule has 0 spiro atoms. The van der Waals surface area contributed by atoms with Gasteiger partial charge in [-0.2, -0.15) is 0 Å². The number of aryl methyl sites for hydroxylation is 2. The maximum absolute atomic E-state index is 13.7. The van der Waals surface area contributed by atoms with Crippen molar-refractivity contribution in [2.45, 2.75) is 13.8 Å². The first-order valence-electron chi connectivity index (χ1n) is 16.4. The predicted octanol–water partition coefficient (Wildman–Crippen LogP) is 9.56. The standard InChI is InChI=1S/C40H28O12P2/c1-21-11-9-17-27-33(21)47-53(51-39(27)43)49-35-29(37(41)45-3)19-23-13-5-7-15-25(23)31(35)32-26-16-8-6-14-24(26)20-30(38(42)46-4)36(32)50-54-48-34-22(2)12-10-18-28(34)40(44)52-54/h5-20H,1-4H3. The summed E-state index contributed by atoms with van der Waals surface area (Å²) in [6.45, 7) is 3.56. The Labute approximate surface area is 310 Å². The van der Waals surface area contributed by atoms with Crippen molar-refractivity contribution in [1.29, 1.82) is 0 Å². The third kappa shape index (κ3) is 5.99. The van der Waals surface area contributed by atoms with Crippen molar-refractivity contribution in [2.24, 2.45) is 0 Å². The van der Waals surface area contributed by atoms with Crippen LogP contribution in [0.1, 0.15) is 52.6 Å². The molecule has 6 aromatic rings. The first-order chi connectivity index (χ1) is 26.2. The second-order valence-corrected chi connectivity index (χ2v) is 14.1. The SMILES string of the molecule is COC(=O)c1cc2ccccc2c(-c2c(OP3OC(=O)c4cccc(C)c4O3)c(C(=O)OC)cc3ccccc23)c1OP1OC(=O)c2cccc(C)c2O1. The van der Waals surface area contributed by atoms with Gasteiger partial charge in [0.15, 0.2) is 11.5 Å². The zero-order valence-electron chi connectivity index (χ0n) is 29.0. The van der Waals surface area contributed by atoms with Crippen molar-refractivity contribution < 1.29 is 55.8 Å². The van der Waals surface area contributed by atoms with Crippen LogP contribution in [0.25, 0.3) is 32.7 Å². The number of rotatable bonds is 7. The molecular formula is C40H28O12P2. The van der Waals surface area contributed by atoms with Gasteiger partial charge in [0.25, 0.3) is 0 Å². The number of carbonyl (C=O) groups excluding carboxylic acids is 4. The summed E-state index contributed by atoms with van der Waals surface area (Å²) in [5.41, 5.74) is 2.18. The molecule has 0 N–H and O–H groups in total. The van der Waals surface area contributed by atoms with Gasteiger partial charge in [0.05, 0.1) is 14.2 Å². The highest BCUT2D eigenvalue weighted by Gasteiger charge is 2.39. The largest absolute Gasteiger partial charge is 0.532 e. The number of para-hydroxylation sites is 2. The first-order valence-corrected chi connectivity index (χ1v) is 18.6. The minimum absolute atomic E-state index is 0.0435. The number of fused-ring (bicyclic) bond motifs is 4. The quantitative estimate of drug-likeness (QED) is 0.113. The van der Waals surface area contributed by atoms with Crippen molar-refractivity contribution in [3.05, 3.63) is 130 Å². The van der Waals surface area contributed by atoms with E-state index in [0.29, 0.717) is 32.7 Å².